The number of halogens is 1. The Hall–Kier alpha value is -0.380. The van der Waals surface area contributed by atoms with Crippen LogP contribution in [0.2, 0.25) is 0 Å². The molecule has 1 aromatic carbocycles. The molecule has 0 aromatic heterocycles. The monoisotopic (exact) mass is 255 g/mol. The van der Waals surface area contributed by atoms with Gasteiger partial charge in [0, 0.05) is 18.1 Å². The number of rotatable bonds is 2. The van der Waals surface area contributed by atoms with Crippen molar-refractivity contribution in [2.75, 3.05) is 20.2 Å². The lowest BCUT2D eigenvalue weighted by Crippen LogP contribution is -2.30. The van der Waals surface area contributed by atoms with E-state index in [4.69, 9.17) is 4.74 Å². The van der Waals surface area contributed by atoms with Crippen LogP contribution in [0.5, 0.6) is 0 Å². The second-order valence-corrected chi connectivity index (χ2v) is 4.55. The summed E-state index contributed by atoms with van der Waals surface area (Å²) in [5.74, 6) is 0. The molecule has 0 bridgehead atoms. The molecule has 1 N–H and O–H groups in total. The molecule has 1 saturated heterocycles. The molecule has 1 heterocycles. The summed E-state index contributed by atoms with van der Waals surface area (Å²) in [5, 5.41) is 3.34. The van der Waals surface area contributed by atoms with E-state index in [0.29, 0.717) is 0 Å². The van der Waals surface area contributed by atoms with Crippen LogP contribution in [0, 0.1) is 0 Å². The summed E-state index contributed by atoms with van der Waals surface area (Å²) in [5.41, 5.74) is 1.13. The average molecular weight is 256 g/mol. The first-order chi connectivity index (χ1) is 6.77. The number of benzene rings is 1. The van der Waals surface area contributed by atoms with Crippen molar-refractivity contribution in [3.8, 4) is 0 Å². The van der Waals surface area contributed by atoms with Crippen LogP contribution < -0.4 is 5.32 Å². The summed E-state index contributed by atoms with van der Waals surface area (Å²) < 4.78 is 6.77. The van der Waals surface area contributed by atoms with E-state index in [-0.39, 0.29) is 5.60 Å². The largest absolute Gasteiger partial charge is 0.372 e. The molecule has 1 aliphatic heterocycles. The lowest BCUT2D eigenvalue weighted by atomic mass is 9.93. The molecule has 14 heavy (non-hydrogen) atoms. The highest BCUT2D eigenvalue weighted by Crippen LogP contribution is 2.32. The summed E-state index contributed by atoms with van der Waals surface area (Å²) in [7, 11) is 1.79. The molecule has 2 rings (SSSR count). The zero-order chi connectivity index (χ0) is 10.0. The SMILES string of the molecule is COC1(c2cccc(Br)c2)CCNC1. The molecular weight excluding hydrogens is 242 g/mol. The standard InChI is InChI=1S/C11H14BrNO/c1-14-11(5-6-13-8-11)9-3-2-4-10(12)7-9/h2-4,7,13H,5-6,8H2,1H3. The Kier molecular flexibility index (Phi) is 2.91. The first-order valence-electron chi connectivity index (χ1n) is 4.79. The number of nitrogens with one attached hydrogen (secondary N) is 1. The molecule has 1 unspecified atom stereocenters. The van der Waals surface area contributed by atoms with Gasteiger partial charge in [0.15, 0.2) is 0 Å². The van der Waals surface area contributed by atoms with E-state index < -0.39 is 0 Å². The Labute approximate surface area is 92.8 Å². The van der Waals surface area contributed by atoms with Gasteiger partial charge in [-0.05, 0) is 30.7 Å². The third kappa shape index (κ3) is 1.72. The van der Waals surface area contributed by atoms with Gasteiger partial charge in [-0.2, -0.15) is 0 Å². The molecule has 0 amide bonds. The maximum Gasteiger partial charge on any atom is 0.106 e. The van der Waals surface area contributed by atoms with Crippen molar-refractivity contribution < 1.29 is 4.74 Å². The second-order valence-electron chi connectivity index (χ2n) is 3.64. The van der Waals surface area contributed by atoms with Gasteiger partial charge in [0.05, 0.1) is 0 Å². The molecule has 1 fully saturated rings. The van der Waals surface area contributed by atoms with Gasteiger partial charge in [-0.3, -0.25) is 0 Å². The number of hydrogen-bond acceptors (Lipinski definition) is 2. The van der Waals surface area contributed by atoms with Crippen LogP contribution in [-0.4, -0.2) is 20.2 Å². The van der Waals surface area contributed by atoms with Crippen LogP contribution >= 0.6 is 15.9 Å². The highest BCUT2D eigenvalue weighted by atomic mass is 79.9. The van der Waals surface area contributed by atoms with E-state index >= 15 is 0 Å². The first kappa shape index (κ1) is 10.1. The summed E-state index contributed by atoms with van der Waals surface area (Å²) in [6.07, 6.45) is 1.04. The summed E-state index contributed by atoms with van der Waals surface area (Å²) in [6.45, 7) is 1.93. The Morgan fingerprint density at radius 2 is 2.36 bits per heavy atom. The van der Waals surface area contributed by atoms with E-state index in [0.717, 1.165) is 24.0 Å². The minimum atomic E-state index is -0.121. The molecule has 0 saturated carbocycles. The van der Waals surface area contributed by atoms with Crippen LogP contribution in [0.25, 0.3) is 0 Å². The molecular formula is C11H14BrNO. The lowest BCUT2D eigenvalue weighted by Gasteiger charge is -2.27. The van der Waals surface area contributed by atoms with Crippen LogP contribution in [0.4, 0.5) is 0 Å². The fourth-order valence-electron chi connectivity index (χ4n) is 1.98. The van der Waals surface area contributed by atoms with Crippen molar-refractivity contribution in [3.05, 3.63) is 34.3 Å². The molecule has 3 heteroatoms. The quantitative estimate of drug-likeness (QED) is 0.876. The lowest BCUT2D eigenvalue weighted by molar-refractivity contribution is 0.00321. The van der Waals surface area contributed by atoms with E-state index in [1.807, 2.05) is 6.07 Å². The fourth-order valence-corrected chi connectivity index (χ4v) is 2.38. The Bertz CT molecular complexity index is 321. The van der Waals surface area contributed by atoms with E-state index in [1.54, 1.807) is 7.11 Å². The number of hydrogen-bond donors (Lipinski definition) is 1. The van der Waals surface area contributed by atoms with Gasteiger partial charge in [-0.25, -0.2) is 0 Å². The Morgan fingerprint density at radius 3 is 2.93 bits per heavy atom. The van der Waals surface area contributed by atoms with Gasteiger partial charge in [0.25, 0.3) is 0 Å². The summed E-state index contributed by atoms with van der Waals surface area (Å²) in [4.78, 5) is 0. The van der Waals surface area contributed by atoms with Gasteiger partial charge in [-0.15, -0.1) is 0 Å². The minimum absolute atomic E-state index is 0.121. The van der Waals surface area contributed by atoms with Crippen molar-refractivity contribution >= 4 is 15.9 Å². The molecule has 2 nitrogen and oxygen atoms in total. The van der Waals surface area contributed by atoms with Crippen LogP contribution in [-0.2, 0) is 10.3 Å². The van der Waals surface area contributed by atoms with Crippen molar-refractivity contribution in [1.82, 2.24) is 5.32 Å². The number of ether oxygens (including phenoxy) is 1. The molecule has 0 spiro atoms. The third-order valence-corrected chi connectivity index (χ3v) is 3.35. The van der Waals surface area contributed by atoms with E-state index in [1.165, 1.54) is 5.56 Å². The highest BCUT2D eigenvalue weighted by Gasteiger charge is 2.35. The zero-order valence-electron chi connectivity index (χ0n) is 8.22. The molecule has 0 aliphatic carbocycles. The van der Waals surface area contributed by atoms with Gasteiger partial charge in [0.1, 0.15) is 5.60 Å². The highest BCUT2D eigenvalue weighted by molar-refractivity contribution is 9.10. The van der Waals surface area contributed by atoms with Gasteiger partial charge in [-0.1, -0.05) is 28.1 Å². The van der Waals surface area contributed by atoms with Gasteiger partial charge in [0.2, 0.25) is 0 Å². The van der Waals surface area contributed by atoms with E-state index in [2.05, 4.69) is 39.4 Å². The zero-order valence-corrected chi connectivity index (χ0v) is 9.80. The van der Waals surface area contributed by atoms with Crippen molar-refractivity contribution in [2.24, 2.45) is 0 Å². The van der Waals surface area contributed by atoms with Crippen LogP contribution in [0.1, 0.15) is 12.0 Å². The minimum Gasteiger partial charge on any atom is -0.372 e. The van der Waals surface area contributed by atoms with Crippen molar-refractivity contribution in [1.29, 1.82) is 0 Å². The fraction of sp³-hybridized carbons (Fsp3) is 0.455. The third-order valence-electron chi connectivity index (χ3n) is 2.86. The molecule has 1 aromatic rings. The van der Waals surface area contributed by atoms with Crippen LogP contribution in [0.15, 0.2) is 28.7 Å². The van der Waals surface area contributed by atoms with Crippen molar-refractivity contribution in [2.45, 2.75) is 12.0 Å². The normalized spacial score (nSPS) is 26.7. The topological polar surface area (TPSA) is 21.3 Å². The second kappa shape index (κ2) is 4.01. The summed E-state index contributed by atoms with van der Waals surface area (Å²) in [6, 6.07) is 8.35. The van der Waals surface area contributed by atoms with Gasteiger partial charge < -0.3 is 10.1 Å². The van der Waals surface area contributed by atoms with E-state index in [9.17, 15) is 0 Å². The first-order valence-corrected chi connectivity index (χ1v) is 5.58. The van der Waals surface area contributed by atoms with Gasteiger partial charge >= 0.3 is 0 Å². The Balaban J connectivity index is 2.35. The molecule has 1 atom stereocenters. The predicted molar refractivity (Wildman–Crippen MR) is 60.3 cm³/mol. The van der Waals surface area contributed by atoms with Crippen molar-refractivity contribution in [3.63, 3.8) is 0 Å². The Morgan fingerprint density at radius 1 is 1.50 bits per heavy atom. The molecule has 76 valence electrons. The molecule has 1 aliphatic rings. The van der Waals surface area contributed by atoms with Crippen LogP contribution in [0.3, 0.4) is 0 Å². The number of methoxy groups -OCH3 is 1. The smallest absolute Gasteiger partial charge is 0.106 e. The average Bonchev–Trinajstić information content (AvgIpc) is 2.67. The summed E-state index contributed by atoms with van der Waals surface area (Å²) >= 11 is 3.49. The maximum absolute atomic E-state index is 5.66. The maximum atomic E-state index is 5.66. The predicted octanol–water partition coefficient (Wildman–Crippen LogP) is 2.28. The molecule has 0 radical (unpaired) electrons.